The highest BCUT2D eigenvalue weighted by Gasteiger charge is 2.04. The fourth-order valence-corrected chi connectivity index (χ4v) is 3.60. The van der Waals surface area contributed by atoms with Gasteiger partial charge in [0, 0.05) is 12.8 Å². The van der Waals surface area contributed by atoms with E-state index in [0.29, 0.717) is 26.1 Å². The van der Waals surface area contributed by atoms with Crippen LogP contribution in [-0.2, 0) is 19.1 Å². The number of hydrogen-bond donors (Lipinski definition) is 0. The molecule has 0 bridgehead atoms. The number of esters is 2. The second kappa shape index (κ2) is 22.1. The highest BCUT2D eigenvalue weighted by atomic mass is 16.5. The summed E-state index contributed by atoms with van der Waals surface area (Å²) in [7, 11) is 0. The molecule has 0 amide bonds. The highest BCUT2D eigenvalue weighted by Crippen LogP contribution is 2.13. The first-order valence-corrected chi connectivity index (χ1v) is 13.2. The summed E-state index contributed by atoms with van der Waals surface area (Å²) in [5, 5.41) is 0. The third-order valence-electron chi connectivity index (χ3n) is 5.64. The van der Waals surface area contributed by atoms with E-state index in [1.165, 1.54) is 44.9 Å². The molecule has 4 nitrogen and oxygen atoms in total. The summed E-state index contributed by atoms with van der Waals surface area (Å²) in [4.78, 5) is 23.4. The molecule has 0 spiro atoms. The van der Waals surface area contributed by atoms with Gasteiger partial charge in [-0.2, -0.15) is 0 Å². The summed E-state index contributed by atoms with van der Waals surface area (Å²) in [6.07, 6.45) is 18.1. The van der Waals surface area contributed by atoms with Gasteiger partial charge < -0.3 is 9.47 Å². The maximum Gasteiger partial charge on any atom is 0.305 e. The van der Waals surface area contributed by atoms with E-state index in [1.54, 1.807) is 0 Å². The topological polar surface area (TPSA) is 52.6 Å². The summed E-state index contributed by atoms with van der Waals surface area (Å²) in [6.45, 7) is 10.1. The molecular weight excluding hydrogens is 388 g/mol. The van der Waals surface area contributed by atoms with Gasteiger partial charge in [0.1, 0.15) is 0 Å². The summed E-state index contributed by atoms with van der Waals surface area (Å²) in [6, 6.07) is 0. The van der Waals surface area contributed by atoms with E-state index in [4.69, 9.17) is 9.47 Å². The molecule has 0 N–H and O–H groups in total. The van der Waals surface area contributed by atoms with Crippen molar-refractivity contribution in [3.05, 3.63) is 0 Å². The van der Waals surface area contributed by atoms with Crippen LogP contribution in [0.3, 0.4) is 0 Å². The van der Waals surface area contributed by atoms with Crippen molar-refractivity contribution in [1.82, 2.24) is 0 Å². The van der Waals surface area contributed by atoms with Crippen LogP contribution >= 0.6 is 0 Å². The van der Waals surface area contributed by atoms with Crippen molar-refractivity contribution in [2.75, 3.05) is 13.2 Å². The Balaban J connectivity index is 3.25. The fourth-order valence-electron chi connectivity index (χ4n) is 3.60. The van der Waals surface area contributed by atoms with Gasteiger partial charge in [-0.3, -0.25) is 9.59 Å². The van der Waals surface area contributed by atoms with Crippen molar-refractivity contribution in [2.24, 2.45) is 11.8 Å². The second-order valence-electron chi connectivity index (χ2n) is 9.90. The quantitative estimate of drug-likeness (QED) is 0.126. The maximum absolute atomic E-state index is 11.7. The van der Waals surface area contributed by atoms with Crippen LogP contribution < -0.4 is 0 Å². The van der Waals surface area contributed by atoms with Crippen LogP contribution in [-0.4, -0.2) is 25.2 Å². The van der Waals surface area contributed by atoms with Gasteiger partial charge in [0.25, 0.3) is 0 Å². The van der Waals surface area contributed by atoms with Gasteiger partial charge in [0.15, 0.2) is 0 Å². The summed E-state index contributed by atoms with van der Waals surface area (Å²) < 4.78 is 10.6. The Morgan fingerprint density at radius 2 is 0.806 bits per heavy atom. The SMILES string of the molecule is CC(C)CCCCOC(=O)CCCCCCCCCCCC(=O)OCCCCC(C)C. The standard InChI is InChI=1S/C27H52O4/c1-24(2)18-14-16-22-30-26(28)20-12-10-8-6-5-7-9-11-13-21-27(29)31-23-17-15-19-25(3)4/h24-25H,5-23H2,1-4H3. The minimum absolute atomic E-state index is 0.0290. The van der Waals surface area contributed by atoms with E-state index in [1.807, 2.05) is 0 Å². The van der Waals surface area contributed by atoms with Crippen LogP contribution in [0.5, 0.6) is 0 Å². The number of rotatable bonds is 22. The molecule has 0 aliphatic carbocycles. The average molecular weight is 441 g/mol. The zero-order chi connectivity index (χ0) is 23.2. The number of ether oxygens (including phenoxy) is 2. The molecular formula is C27H52O4. The molecule has 4 heteroatoms. The maximum atomic E-state index is 11.7. The molecule has 0 aliphatic heterocycles. The summed E-state index contributed by atoms with van der Waals surface area (Å²) in [5.74, 6) is 1.40. The predicted molar refractivity (Wildman–Crippen MR) is 130 cm³/mol. The molecule has 0 saturated carbocycles. The molecule has 0 aliphatic rings. The lowest BCUT2D eigenvalue weighted by Gasteiger charge is -2.07. The molecule has 184 valence electrons. The third-order valence-corrected chi connectivity index (χ3v) is 5.64. The van der Waals surface area contributed by atoms with Gasteiger partial charge in [0.05, 0.1) is 13.2 Å². The van der Waals surface area contributed by atoms with Crippen LogP contribution in [0.15, 0.2) is 0 Å². The molecule has 31 heavy (non-hydrogen) atoms. The van der Waals surface area contributed by atoms with E-state index in [2.05, 4.69) is 27.7 Å². The number of hydrogen-bond acceptors (Lipinski definition) is 4. The summed E-state index contributed by atoms with van der Waals surface area (Å²) in [5.41, 5.74) is 0. The van der Waals surface area contributed by atoms with Gasteiger partial charge >= 0.3 is 11.9 Å². The molecule has 0 fully saturated rings. The Hall–Kier alpha value is -1.06. The van der Waals surface area contributed by atoms with E-state index in [-0.39, 0.29) is 11.9 Å². The predicted octanol–water partition coefficient (Wildman–Crippen LogP) is 8.02. The van der Waals surface area contributed by atoms with Gasteiger partial charge in [-0.1, -0.05) is 85.5 Å². The van der Waals surface area contributed by atoms with E-state index in [0.717, 1.165) is 63.2 Å². The second-order valence-corrected chi connectivity index (χ2v) is 9.90. The van der Waals surface area contributed by atoms with Gasteiger partial charge in [-0.25, -0.2) is 0 Å². The van der Waals surface area contributed by atoms with Crippen LogP contribution in [0.4, 0.5) is 0 Å². The fraction of sp³-hybridized carbons (Fsp3) is 0.926. The Kier molecular flexibility index (Phi) is 21.4. The van der Waals surface area contributed by atoms with Crippen LogP contribution in [0.2, 0.25) is 0 Å². The molecule has 0 heterocycles. The van der Waals surface area contributed by atoms with Crippen molar-refractivity contribution in [3.63, 3.8) is 0 Å². The number of carbonyl (C=O) groups is 2. The van der Waals surface area contributed by atoms with Crippen LogP contribution in [0.25, 0.3) is 0 Å². The highest BCUT2D eigenvalue weighted by molar-refractivity contribution is 5.69. The molecule has 0 rings (SSSR count). The van der Waals surface area contributed by atoms with Gasteiger partial charge in [0.2, 0.25) is 0 Å². The lowest BCUT2D eigenvalue weighted by atomic mass is 10.1. The lowest BCUT2D eigenvalue weighted by Crippen LogP contribution is -2.06. The Morgan fingerprint density at radius 3 is 1.13 bits per heavy atom. The first kappa shape index (κ1) is 29.9. The smallest absolute Gasteiger partial charge is 0.305 e. The normalized spacial score (nSPS) is 11.3. The van der Waals surface area contributed by atoms with E-state index >= 15 is 0 Å². The molecule has 0 atom stereocenters. The van der Waals surface area contributed by atoms with E-state index < -0.39 is 0 Å². The Morgan fingerprint density at radius 1 is 0.484 bits per heavy atom. The zero-order valence-corrected chi connectivity index (χ0v) is 21.2. The van der Waals surface area contributed by atoms with Crippen molar-refractivity contribution < 1.29 is 19.1 Å². The molecule has 0 unspecified atom stereocenters. The first-order chi connectivity index (χ1) is 14.9. The van der Waals surface area contributed by atoms with E-state index in [9.17, 15) is 9.59 Å². The molecule has 0 saturated heterocycles. The molecule has 0 aromatic rings. The number of unbranched alkanes of at least 4 members (excludes halogenated alkanes) is 10. The van der Waals surface area contributed by atoms with Crippen LogP contribution in [0, 0.1) is 11.8 Å². The van der Waals surface area contributed by atoms with Crippen LogP contribution in [0.1, 0.15) is 137 Å². The minimum Gasteiger partial charge on any atom is -0.466 e. The lowest BCUT2D eigenvalue weighted by molar-refractivity contribution is -0.144. The molecule has 0 aromatic carbocycles. The third kappa shape index (κ3) is 25.1. The number of carbonyl (C=O) groups excluding carboxylic acids is 2. The van der Waals surface area contributed by atoms with Crippen molar-refractivity contribution in [1.29, 1.82) is 0 Å². The average Bonchev–Trinajstić information content (AvgIpc) is 2.71. The van der Waals surface area contributed by atoms with Crippen molar-refractivity contribution >= 4 is 11.9 Å². The van der Waals surface area contributed by atoms with Gasteiger partial charge in [-0.15, -0.1) is 0 Å². The Labute approximate surface area is 193 Å². The zero-order valence-electron chi connectivity index (χ0n) is 21.2. The largest absolute Gasteiger partial charge is 0.466 e. The van der Waals surface area contributed by atoms with Crippen molar-refractivity contribution in [2.45, 2.75) is 137 Å². The minimum atomic E-state index is -0.0290. The van der Waals surface area contributed by atoms with Crippen molar-refractivity contribution in [3.8, 4) is 0 Å². The summed E-state index contributed by atoms with van der Waals surface area (Å²) >= 11 is 0. The molecule has 0 aromatic heterocycles. The Bertz CT molecular complexity index is 379. The molecule has 0 radical (unpaired) electrons. The monoisotopic (exact) mass is 440 g/mol. The first-order valence-electron chi connectivity index (χ1n) is 13.2. The van der Waals surface area contributed by atoms with Gasteiger partial charge in [-0.05, 0) is 50.4 Å².